The average molecular weight is 409 g/mol. The third-order valence-corrected chi connectivity index (χ3v) is 4.21. The van der Waals surface area contributed by atoms with E-state index >= 15 is 0 Å². The molecule has 0 heterocycles. The smallest absolute Gasteiger partial charge is 0.339 e. The van der Waals surface area contributed by atoms with E-state index in [1.54, 1.807) is 6.07 Å². The lowest BCUT2D eigenvalue weighted by molar-refractivity contribution is 0.0266. The van der Waals surface area contributed by atoms with E-state index in [4.69, 9.17) is 4.74 Å². The maximum absolute atomic E-state index is 12.2. The fourth-order valence-electron chi connectivity index (χ4n) is 2.31. The number of carbonyl (C=O) groups is 1. The van der Waals surface area contributed by atoms with Crippen LogP contribution in [0.5, 0.6) is 0 Å². The monoisotopic (exact) mass is 409 g/mol. The normalized spacial score (nSPS) is 12.2. The quantitative estimate of drug-likeness (QED) is 0.534. The number of nitrogens with zero attached hydrogens (tertiary/aromatic N) is 1. The number of hydrogen-bond acceptors (Lipinski definition) is 3. The van der Waals surface area contributed by atoms with E-state index < -0.39 is 0 Å². The van der Waals surface area contributed by atoms with Gasteiger partial charge < -0.3 is 4.74 Å². The fraction of sp³-hybridized carbons (Fsp3) is 0.278. The summed E-state index contributed by atoms with van der Waals surface area (Å²) in [7, 11) is 2.03. The number of carbonyl (C=O) groups excluding carboxylic acids is 1. The Morgan fingerprint density at radius 1 is 1.14 bits per heavy atom. The van der Waals surface area contributed by atoms with Crippen LogP contribution in [0.3, 0.4) is 0 Å². The molecule has 0 N–H and O–H groups in total. The van der Waals surface area contributed by atoms with Gasteiger partial charge in [-0.3, -0.25) is 4.90 Å². The van der Waals surface area contributed by atoms with E-state index in [2.05, 4.69) is 39.6 Å². The van der Waals surface area contributed by atoms with Crippen LogP contribution in [0.1, 0.15) is 22.8 Å². The molecule has 4 heteroatoms. The van der Waals surface area contributed by atoms with E-state index in [1.807, 2.05) is 50.4 Å². The molecule has 0 saturated heterocycles. The zero-order valence-electron chi connectivity index (χ0n) is 12.8. The first kappa shape index (κ1) is 17.0. The summed E-state index contributed by atoms with van der Waals surface area (Å²) in [4.78, 5) is 14.3. The highest BCUT2D eigenvalue weighted by Crippen LogP contribution is 2.14. The fourth-order valence-corrected chi connectivity index (χ4v) is 2.92. The van der Waals surface area contributed by atoms with Gasteiger partial charge in [0.1, 0.15) is 6.10 Å². The zero-order chi connectivity index (χ0) is 15.9. The summed E-state index contributed by atoms with van der Waals surface area (Å²) < 4.78 is 6.45. The molecule has 0 aliphatic carbocycles. The molecular weight excluding hydrogens is 389 g/mol. The molecule has 2 rings (SSSR count). The molecule has 0 aliphatic rings. The van der Waals surface area contributed by atoms with Gasteiger partial charge in [-0.15, -0.1) is 0 Å². The molecule has 116 valence electrons. The van der Waals surface area contributed by atoms with Crippen LogP contribution >= 0.6 is 22.6 Å². The molecule has 2 aromatic rings. The van der Waals surface area contributed by atoms with Gasteiger partial charge in [0.25, 0.3) is 0 Å². The average Bonchev–Trinajstić information content (AvgIpc) is 2.48. The van der Waals surface area contributed by atoms with Crippen LogP contribution in [-0.2, 0) is 11.3 Å². The van der Waals surface area contributed by atoms with Gasteiger partial charge in [-0.05, 0) is 54.3 Å². The Morgan fingerprint density at radius 3 is 2.45 bits per heavy atom. The number of benzene rings is 2. The minimum absolute atomic E-state index is 0.155. The molecule has 0 saturated carbocycles. The van der Waals surface area contributed by atoms with Crippen molar-refractivity contribution in [3.63, 3.8) is 0 Å². The Bertz CT molecular complexity index is 615. The zero-order valence-corrected chi connectivity index (χ0v) is 15.0. The Morgan fingerprint density at radius 2 is 1.77 bits per heavy atom. The maximum atomic E-state index is 12.2. The van der Waals surface area contributed by atoms with Gasteiger partial charge >= 0.3 is 5.97 Å². The van der Waals surface area contributed by atoms with Crippen molar-refractivity contribution in [1.29, 1.82) is 0 Å². The molecule has 0 fully saturated rings. The highest BCUT2D eigenvalue weighted by atomic mass is 127. The summed E-state index contributed by atoms with van der Waals surface area (Å²) in [5.41, 5.74) is 1.88. The van der Waals surface area contributed by atoms with Crippen molar-refractivity contribution in [2.24, 2.45) is 0 Å². The molecule has 0 aliphatic heterocycles. The molecule has 0 bridgehead atoms. The van der Waals surface area contributed by atoms with Crippen LogP contribution in [0.25, 0.3) is 0 Å². The van der Waals surface area contributed by atoms with Crippen molar-refractivity contribution >= 4 is 28.6 Å². The van der Waals surface area contributed by atoms with Crippen LogP contribution in [0.2, 0.25) is 0 Å². The van der Waals surface area contributed by atoms with E-state index in [1.165, 1.54) is 5.56 Å². The number of ether oxygens (including phenoxy) is 1. The second-order valence-electron chi connectivity index (χ2n) is 5.38. The highest BCUT2D eigenvalue weighted by Gasteiger charge is 2.15. The largest absolute Gasteiger partial charge is 0.458 e. The Hall–Kier alpha value is -1.40. The minimum atomic E-state index is -0.259. The van der Waals surface area contributed by atoms with Crippen molar-refractivity contribution in [2.45, 2.75) is 19.6 Å². The number of esters is 1. The van der Waals surface area contributed by atoms with E-state index in [0.29, 0.717) is 12.1 Å². The molecule has 2 aromatic carbocycles. The van der Waals surface area contributed by atoms with Crippen LogP contribution < -0.4 is 0 Å². The standard InChI is InChI=1S/C18H20INO2/c1-14(12-20(2)13-15-8-4-3-5-9-15)22-18(21)16-10-6-7-11-17(16)19/h3-11,14H,12-13H2,1-2H3. The Balaban J connectivity index is 1.86. The molecule has 22 heavy (non-hydrogen) atoms. The predicted molar refractivity (Wildman–Crippen MR) is 96.8 cm³/mol. The van der Waals surface area contributed by atoms with Gasteiger partial charge in [-0.1, -0.05) is 42.5 Å². The first-order valence-corrected chi connectivity index (χ1v) is 8.32. The second kappa shape index (κ2) is 8.29. The number of halogens is 1. The molecule has 0 radical (unpaired) electrons. The van der Waals surface area contributed by atoms with Crippen LogP contribution in [0.4, 0.5) is 0 Å². The summed E-state index contributed by atoms with van der Waals surface area (Å²) >= 11 is 2.15. The summed E-state index contributed by atoms with van der Waals surface area (Å²) in [6.45, 7) is 3.46. The van der Waals surface area contributed by atoms with E-state index in [-0.39, 0.29) is 12.1 Å². The summed E-state index contributed by atoms with van der Waals surface area (Å²) in [6, 6.07) is 17.7. The van der Waals surface area contributed by atoms with Crippen molar-refractivity contribution in [3.8, 4) is 0 Å². The lowest BCUT2D eigenvalue weighted by Gasteiger charge is -2.21. The van der Waals surface area contributed by atoms with Crippen molar-refractivity contribution in [2.75, 3.05) is 13.6 Å². The molecule has 1 atom stereocenters. The molecule has 1 unspecified atom stereocenters. The van der Waals surface area contributed by atoms with E-state index in [9.17, 15) is 4.79 Å². The van der Waals surface area contributed by atoms with Gasteiger partial charge in [-0.25, -0.2) is 4.79 Å². The second-order valence-corrected chi connectivity index (χ2v) is 6.54. The van der Waals surface area contributed by atoms with Crippen molar-refractivity contribution in [1.82, 2.24) is 4.90 Å². The summed E-state index contributed by atoms with van der Waals surface area (Å²) in [5.74, 6) is -0.259. The number of rotatable bonds is 6. The minimum Gasteiger partial charge on any atom is -0.458 e. The number of hydrogen-bond donors (Lipinski definition) is 0. The Kier molecular flexibility index (Phi) is 6.39. The number of likely N-dealkylation sites (N-methyl/N-ethyl adjacent to an activating group) is 1. The SMILES string of the molecule is CC(CN(C)Cc1ccccc1)OC(=O)c1ccccc1I. The van der Waals surface area contributed by atoms with Crippen LogP contribution in [0.15, 0.2) is 54.6 Å². The summed E-state index contributed by atoms with van der Waals surface area (Å²) in [6.07, 6.45) is -0.155. The van der Waals surface area contributed by atoms with Gasteiger partial charge in [-0.2, -0.15) is 0 Å². The molecule has 0 spiro atoms. The van der Waals surface area contributed by atoms with Gasteiger partial charge in [0, 0.05) is 16.7 Å². The van der Waals surface area contributed by atoms with E-state index in [0.717, 1.165) is 10.1 Å². The van der Waals surface area contributed by atoms with Crippen molar-refractivity contribution < 1.29 is 9.53 Å². The summed E-state index contributed by atoms with van der Waals surface area (Å²) in [5, 5.41) is 0. The molecular formula is C18H20INO2. The first-order chi connectivity index (χ1) is 10.6. The molecule has 0 amide bonds. The maximum Gasteiger partial charge on any atom is 0.339 e. The van der Waals surface area contributed by atoms with Gasteiger partial charge in [0.2, 0.25) is 0 Å². The van der Waals surface area contributed by atoms with Gasteiger partial charge in [0.05, 0.1) is 5.56 Å². The van der Waals surface area contributed by atoms with Gasteiger partial charge in [0.15, 0.2) is 0 Å². The van der Waals surface area contributed by atoms with Crippen LogP contribution in [0, 0.1) is 3.57 Å². The topological polar surface area (TPSA) is 29.5 Å². The Labute approximate surface area is 145 Å². The molecule has 3 nitrogen and oxygen atoms in total. The van der Waals surface area contributed by atoms with Crippen LogP contribution in [-0.4, -0.2) is 30.6 Å². The third kappa shape index (κ3) is 5.10. The lowest BCUT2D eigenvalue weighted by atomic mass is 10.2. The molecule has 0 aromatic heterocycles. The first-order valence-electron chi connectivity index (χ1n) is 7.24. The van der Waals surface area contributed by atoms with Crippen molar-refractivity contribution in [3.05, 3.63) is 69.3 Å². The lowest BCUT2D eigenvalue weighted by Crippen LogP contribution is -2.30. The third-order valence-electron chi connectivity index (χ3n) is 3.27. The predicted octanol–water partition coefficient (Wildman–Crippen LogP) is 3.97. The highest BCUT2D eigenvalue weighted by molar-refractivity contribution is 14.1.